The van der Waals surface area contributed by atoms with Crippen LogP contribution in [0.3, 0.4) is 0 Å². The van der Waals surface area contributed by atoms with Crippen LogP contribution >= 0.6 is 11.6 Å². The molecule has 1 rings (SSSR count). The van der Waals surface area contributed by atoms with E-state index in [9.17, 15) is 4.39 Å². The van der Waals surface area contributed by atoms with Gasteiger partial charge in [-0.15, -0.1) is 0 Å². The van der Waals surface area contributed by atoms with Gasteiger partial charge in [0.25, 0.3) is 0 Å². The Morgan fingerprint density at radius 3 is 2.86 bits per heavy atom. The number of hydrogen-bond donors (Lipinski definition) is 1. The molecular formula is C11H15ClFN. The molecule has 0 heterocycles. The zero-order chi connectivity index (χ0) is 10.4. The van der Waals surface area contributed by atoms with Gasteiger partial charge in [0.1, 0.15) is 5.82 Å². The lowest BCUT2D eigenvalue weighted by molar-refractivity contribution is 0.580. The Morgan fingerprint density at radius 1 is 1.43 bits per heavy atom. The summed E-state index contributed by atoms with van der Waals surface area (Å²) in [6.07, 6.45) is 2.27. The van der Waals surface area contributed by atoms with Crippen LogP contribution in [0, 0.1) is 5.82 Å². The second-order valence-electron chi connectivity index (χ2n) is 3.27. The summed E-state index contributed by atoms with van der Waals surface area (Å²) in [5, 5.41) is 3.62. The Hall–Kier alpha value is -0.600. The maximum atomic E-state index is 13.2. The third-order valence-electron chi connectivity index (χ3n) is 2.04. The molecule has 0 radical (unpaired) electrons. The summed E-state index contributed by atoms with van der Waals surface area (Å²) in [6.45, 7) is 3.63. The largest absolute Gasteiger partial charge is 0.313 e. The van der Waals surface area contributed by atoms with E-state index in [1.165, 1.54) is 6.07 Å². The van der Waals surface area contributed by atoms with E-state index in [1.54, 1.807) is 12.1 Å². The highest BCUT2D eigenvalue weighted by atomic mass is 35.5. The van der Waals surface area contributed by atoms with Gasteiger partial charge >= 0.3 is 0 Å². The molecule has 1 aromatic rings. The van der Waals surface area contributed by atoms with Crippen molar-refractivity contribution in [3.63, 3.8) is 0 Å². The van der Waals surface area contributed by atoms with E-state index in [4.69, 9.17) is 11.6 Å². The molecule has 0 atom stereocenters. The number of unbranched alkanes of at least 4 members (excludes halogenated alkanes) is 1. The first kappa shape index (κ1) is 11.5. The SMILES string of the molecule is CCCCNCc1ccc(Cl)cc1F. The predicted octanol–water partition coefficient (Wildman–Crippen LogP) is 3.37. The maximum absolute atomic E-state index is 13.2. The summed E-state index contributed by atoms with van der Waals surface area (Å²) in [5.74, 6) is -0.235. The molecule has 1 N–H and O–H groups in total. The molecule has 0 saturated carbocycles. The van der Waals surface area contributed by atoms with Gasteiger partial charge in [0.05, 0.1) is 0 Å². The Bertz CT molecular complexity index is 289. The molecule has 0 aliphatic carbocycles. The molecule has 0 fully saturated rings. The molecule has 1 aromatic carbocycles. The summed E-state index contributed by atoms with van der Waals surface area (Å²) in [5.41, 5.74) is 0.672. The Morgan fingerprint density at radius 2 is 2.21 bits per heavy atom. The molecule has 78 valence electrons. The number of hydrogen-bond acceptors (Lipinski definition) is 1. The topological polar surface area (TPSA) is 12.0 Å². The van der Waals surface area contributed by atoms with Crippen molar-refractivity contribution in [2.24, 2.45) is 0 Å². The lowest BCUT2D eigenvalue weighted by Crippen LogP contribution is -2.15. The van der Waals surface area contributed by atoms with Gasteiger partial charge in [0.2, 0.25) is 0 Å². The summed E-state index contributed by atoms with van der Waals surface area (Å²) in [7, 11) is 0. The molecule has 3 heteroatoms. The molecular weight excluding hydrogens is 201 g/mol. The van der Waals surface area contributed by atoms with E-state index in [0.29, 0.717) is 17.1 Å². The maximum Gasteiger partial charge on any atom is 0.129 e. The summed E-state index contributed by atoms with van der Waals surface area (Å²) < 4.78 is 13.2. The Labute approximate surface area is 89.3 Å². The van der Waals surface area contributed by atoms with Crippen molar-refractivity contribution >= 4 is 11.6 Å². The van der Waals surface area contributed by atoms with Crippen molar-refractivity contribution in [3.05, 3.63) is 34.6 Å². The fourth-order valence-corrected chi connectivity index (χ4v) is 1.35. The van der Waals surface area contributed by atoms with Gasteiger partial charge in [-0.25, -0.2) is 4.39 Å². The molecule has 0 spiro atoms. The van der Waals surface area contributed by atoms with Crippen LogP contribution in [-0.2, 0) is 6.54 Å². The van der Waals surface area contributed by atoms with Crippen molar-refractivity contribution in [1.29, 1.82) is 0 Å². The van der Waals surface area contributed by atoms with Crippen LogP contribution in [0.1, 0.15) is 25.3 Å². The first-order valence-electron chi connectivity index (χ1n) is 4.88. The van der Waals surface area contributed by atoms with Gasteiger partial charge in [-0.3, -0.25) is 0 Å². The van der Waals surface area contributed by atoms with Crippen LogP contribution in [0.2, 0.25) is 5.02 Å². The molecule has 0 unspecified atom stereocenters. The van der Waals surface area contributed by atoms with Gasteiger partial charge in [-0.1, -0.05) is 31.0 Å². The molecule has 14 heavy (non-hydrogen) atoms. The van der Waals surface area contributed by atoms with E-state index in [2.05, 4.69) is 12.2 Å². The third kappa shape index (κ3) is 3.64. The lowest BCUT2D eigenvalue weighted by atomic mass is 10.2. The van der Waals surface area contributed by atoms with Crippen LogP contribution in [0.15, 0.2) is 18.2 Å². The molecule has 1 nitrogen and oxygen atoms in total. The molecule has 0 saturated heterocycles. The smallest absolute Gasteiger partial charge is 0.129 e. The highest BCUT2D eigenvalue weighted by molar-refractivity contribution is 6.30. The number of rotatable bonds is 5. The van der Waals surface area contributed by atoms with Crippen LogP contribution in [0.25, 0.3) is 0 Å². The van der Waals surface area contributed by atoms with Crippen LogP contribution in [0.5, 0.6) is 0 Å². The Kier molecular flexibility index (Phi) is 4.91. The van der Waals surface area contributed by atoms with E-state index < -0.39 is 0 Å². The van der Waals surface area contributed by atoms with Crippen molar-refractivity contribution in [3.8, 4) is 0 Å². The van der Waals surface area contributed by atoms with E-state index in [0.717, 1.165) is 19.4 Å². The fraction of sp³-hybridized carbons (Fsp3) is 0.455. The highest BCUT2D eigenvalue weighted by Crippen LogP contribution is 2.14. The monoisotopic (exact) mass is 215 g/mol. The van der Waals surface area contributed by atoms with E-state index in [1.807, 2.05) is 0 Å². The van der Waals surface area contributed by atoms with E-state index in [-0.39, 0.29) is 5.82 Å². The van der Waals surface area contributed by atoms with Crippen LogP contribution in [0.4, 0.5) is 4.39 Å². The van der Waals surface area contributed by atoms with Crippen molar-refractivity contribution in [1.82, 2.24) is 5.32 Å². The average molecular weight is 216 g/mol. The van der Waals surface area contributed by atoms with Gasteiger partial charge in [-0.2, -0.15) is 0 Å². The lowest BCUT2D eigenvalue weighted by Gasteiger charge is -2.05. The summed E-state index contributed by atoms with van der Waals surface area (Å²) in [6, 6.07) is 4.77. The minimum absolute atomic E-state index is 0.235. The minimum Gasteiger partial charge on any atom is -0.313 e. The number of nitrogens with one attached hydrogen (secondary N) is 1. The normalized spacial score (nSPS) is 10.5. The Balaban J connectivity index is 2.42. The predicted molar refractivity (Wildman–Crippen MR) is 58.0 cm³/mol. The molecule has 0 aromatic heterocycles. The van der Waals surface area contributed by atoms with Crippen molar-refractivity contribution in [2.45, 2.75) is 26.3 Å². The van der Waals surface area contributed by atoms with Crippen molar-refractivity contribution in [2.75, 3.05) is 6.54 Å². The third-order valence-corrected chi connectivity index (χ3v) is 2.27. The molecule has 0 aliphatic rings. The van der Waals surface area contributed by atoms with Gasteiger partial charge in [0.15, 0.2) is 0 Å². The first-order valence-corrected chi connectivity index (χ1v) is 5.26. The fourth-order valence-electron chi connectivity index (χ4n) is 1.19. The quantitative estimate of drug-likeness (QED) is 0.743. The van der Waals surface area contributed by atoms with Crippen molar-refractivity contribution < 1.29 is 4.39 Å². The average Bonchev–Trinajstić information content (AvgIpc) is 2.15. The van der Waals surface area contributed by atoms with Gasteiger partial charge < -0.3 is 5.32 Å². The van der Waals surface area contributed by atoms with Crippen LogP contribution in [-0.4, -0.2) is 6.54 Å². The van der Waals surface area contributed by atoms with Gasteiger partial charge in [0, 0.05) is 17.1 Å². The molecule has 0 amide bonds. The van der Waals surface area contributed by atoms with Gasteiger partial charge in [-0.05, 0) is 25.1 Å². The highest BCUT2D eigenvalue weighted by Gasteiger charge is 2.01. The molecule has 0 bridgehead atoms. The summed E-state index contributed by atoms with van der Waals surface area (Å²) in [4.78, 5) is 0. The zero-order valence-electron chi connectivity index (χ0n) is 8.32. The van der Waals surface area contributed by atoms with Crippen LogP contribution < -0.4 is 5.32 Å². The first-order chi connectivity index (χ1) is 6.74. The molecule has 0 aliphatic heterocycles. The zero-order valence-corrected chi connectivity index (χ0v) is 9.07. The number of halogens is 2. The van der Waals surface area contributed by atoms with E-state index >= 15 is 0 Å². The standard InChI is InChI=1S/C11H15ClFN/c1-2-3-6-14-8-9-4-5-10(12)7-11(9)13/h4-5,7,14H,2-3,6,8H2,1H3. The minimum atomic E-state index is -0.235. The number of benzene rings is 1. The second kappa shape index (κ2) is 5.99. The summed E-state index contributed by atoms with van der Waals surface area (Å²) >= 11 is 5.64. The second-order valence-corrected chi connectivity index (χ2v) is 3.70.